The van der Waals surface area contributed by atoms with Crippen LogP contribution in [0.25, 0.3) is 0 Å². The number of piperidine rings is 1. The summed E-state index contributed by atoms with van der Waals surface area (Å²) in [7, 11) is -2.58. The number of halogens is 3. The van der Waals surface area contributed by atoms with Crippen LogP contribution in [0.2, 0.25) is 0 Å². The Morgan fingerprint density at radius 3 is 2.53 bits per heavy atom. The molecule has 11 heteroatoms. The highest BCUT2D eigenvalue weighted by atomic mass is 32.2. The third-order valence-corrected chi connectivity index (χ3v) is 6.87. The topological polar surface area (TPSA) is 82.1 Å². The molecule has 0 N–H and O–H groups in total. The van der Waals surface area contributed by atoms with E-state index in [0.717, 1.165) is 12.1 Å². The van der Waals surface area contributed by atoms with Gasteiger partial charge < -0.3 is 14.2 Å². The fraction of sp³-hybridized carbons (Fsp3) is 0.381. The largest absolute Gasteiger partial charge is 0.493 e. The molecule has 32 heavy (non-hydrogen) atoms. The van der Waals surface area contributed by atoms with Gasteiger partial charge in [-0.3, -0.25) is 4.79 Å². The van der Waals surface area contributed by atoms with E-state index in [-0.39, 0.29) is 36.1 Å². The molecule has 3 rings (SSSR count). The zero-order valence-corrected chi connectivity index (χ0v) is 18.0. The van der Waals surface area contributed by atoms with Gasteiger partial charge in [-0.05, 0) is 54.8 Å². The third-order valence-electron chi connectivity index (χ3n) is 4.99. The van der Waals surface area contributed by atoms with Gasteiger partial charge in [0.25, 0.3) is 0 Å². The van der Waals surface area contributed by atoms with Gasteiger partial charge in [0.2, 0.25) is 10.0 Å². The van der Waals surface area contributed by atoms with Crippen molar-refractivity contribution in [3.05, 3.63) is 53.8 Å². The molecule has 1 aliphatic rings. The Labute approximate surface area is 183 Å². The van der Waals surface area contributed by atoms with Gasteiger partial charge >= 0.3 is 12.6 Å². The van der Waals surface area contributed by atoms with Gasteiger partial charge in [-0.15, -0.1) is 0 Å². The molecule has 1 unspecified atom stereocenters. The van der Waals surface area contributed by atoms with Crippen LogP contribution in [0, 0.1) is 11.7 Å². The van der Waals surface area contributed by atoms with E-state index in [1.807, 2.05) is 0 Å². The van der Waals surface area contributed by atoms with E-state index in [1.165, 1.54) is 41.7 Å². The van der Waals surface area contributed by atoms with Gasteiger partial charge in [0.05, 0.1) is 17.9 Å². The molecule has 174 valence electrons. The van der Waals surface area contributed by atoms with Crippen molar-refractivity contribution in [2.45, 2.75) is 31.0 Å². The quantitative estimate of drug-likeness (QED) is 0.545. The number of esters is 1. The van der Waals surface area contributed by atoms with Gasteiger partial charge in [0.1, 0.15) is 12.4 Å². The van der Waals surface area contributed by atoms with Crippen molar-refractivity contribution in [3.63, 3.8) is 0 Å². The average Bonchev–Trinajstić information content (AvgIpc) is 2.78. The Kier molecular flexibility index (Phi) is 7.62. The van der Waals surface area contributed by atoms with Crippen molar-refractivity contribution >= 4 is 16.0 Å². The highest BCUT2D eigenvalue weighted by Crippen LogP contribution is 2.30. The van der Waals surface area contributed by atoms with Gasteiger partial charge in [-0.1, -0.05) is 6.07 Å². The van der Waals surface area contributed by atoms with E-state index in [2.05, 4.69) is 4.74 Å². The molecule has 0 spiro atoms. The lowest BCUT2D eigenvalue weighted by Crippen LogP contribution is -2.42. The summed E-state index contributed by atoms with van der Waals surface area (Å²) in [5.41, 5.74) is 0.489. The second-order valence-electron chi connectivity index (χ2n) is 7.13. The van der Waals surface area contributed by atoms with Crippen LogP contribution in [0.15, 0.2) is 47.4 Å². The minimum Gasteiger partial charge on any atom is -0.493 e. The molecule has 2 aromatic carbocycles. The van der Waals surface area contributed by atoms with Crippen LogP contribution in [0.1, 0.15) is 18.4 Å². The molecule has 0 saturated carbocycles. The number of nitrogens with zero attached hydrogens (tertiary/aromatic N) is 1. The zero-order chi connectivity index (χ0) is 23.3. The van der Waals surface area contributed by atoms with Crippen LogP contribution < -0.4 is 9.47 Å². The molecule has 0 aromatic heterocycles. The number of sulfonamides is 1. The minimum atomic E-state index is -3.87. The number of carbonyl (C=O) groups excluding carboxylic acids is 1. The fourth-order valence-electron chi connectivity index (χ4n) is 3.38. The zero-order valence-electron chi connectivity index (χ0n) is 17.2. The van der Waals surface area contributed by atoms with Crippen LogP contribution in [0.4, 0.5) is 13.2 Å². The molecule has 0 radical (unpaired) electrons. The van der Waals surface area contributed by atoms with Crippen LogP contribution in [-0.4, -0.2) is 45.5 Å². The monoisotopic (exact) mass is 473 g/mol. The summed E-state index contributed by atoms with van der Waals surface area (Å²) in [6.07, 6.45) is 0.923. The molecule has 1 saturated heterocycles. The lowest BCUT2D eigenvalue weighted by Gasteiger charge is -2.30. The van der Waals surface area contributed by atoms with E-state index in [9.17, 15) is 26.4 Å². The Bertz CT molecular complexity index is 1050. The molecular weight excluding hydrogens is 451 g/mol. The summed E-state index contributed by atoms with van der Waals surface area (Å²) < 4.78 is 79.4. The first-order valence-corrected chi connectivity index (χ1v) is 11.2. The first kappa shape index (κ1) is 23.9. The number of alkyl halides is 2. The molecular formula is C21H22F3NO6S. The number of hydrogen-bond acceptors (Lipinski definition) is 6. The first-order valence-electron chi connectivity index (χ1n) is 9.75. The number of ether oxygens (including phenoxy) is 3. The summed E-state index contributed by atoms with van der Waals surface area (Å²) in [6, 6.07) is 8.65. The summed E-state index contributed by atoms with van der Waals surface area (Å²) in [6.45, 7) is -2.96. The summed E-state index contributed by atoms with van der Waals surface area (Å²) in [4.78, 5) is 12.5. The molecule has 1 heterocycles. The molecule has 1 fully saturated rings. The smallest absolute Gasteiger partial charge is 0.387 e. The van der Waals surface area contributed by atoms with Crippen molar-refractivity contribution in [1.82, 2.24) is 4.31 Å². The molecule has 0 amide bonds. The Balaban J connectivity index is 1.62. The van der Waals surface area contributed by atoms with Gasteiger partial charge in [0.15, 0.2) is 11.5 Å². The number of hydrogen-bond donors (Lipinski definition) is 0. The summed E-state index contributed by atoms with van der Waals surface area (Å²) in [5, 5.41) is 0. The maximum absolute atomic E-state index is 13.1. The number of methoxy groups -OCH3 is 1. The van der Waals surface area contributed by atoms with Crippen LogP contribution in [0.3, 0.4) is 0 Å². The molecule has 1 atom stereocenters. The highest BCUT2D eigenvalue weighted by Gasteiger charge is 2.34. The van der Waals surface area contributed by atoms with Gasteiger partial charge in [-0.25, -0.2) is 12.8 Å². The molecule has 1 aliphatic heterocycles. The maximum Gasteiger partial charge on any atom is 0.387 e. The lowest BCUT2D eigenvalue weighted by atomic mass is 10.00. The molecule has 2 aromatic rings. The van der Waals surface area contributed by atoms with E-state index >= 15 is 0 Å². The highest BCUT2D eigenvalue weighted by molar-refractivity contribution is 7.89. The van der Waals surface area contributed by atoms with Gasteiger partial charge in [0, 0.05) is 13.1 Å². The van der Waals surface area contributed by atoms with E-state index in [0.29, 0.717) is 18.4 Å². The predicted octanol–water partition coefficient (Wildman–Crippen LogP) is 3.58. The third kappa shape index (κ3) is 5.71. The number of benzene rings is 2. The van der Waals surface area contributed by atoms with Crippen LogP contribution in [-0.2, 0) is 26.2 Å². The Morgan fingerprint density at radius 2 is 1.88 bits per heavy atom. The van der Waals surface area contributed by atoms with Crippen molar-refractivity contribution < 1.29 is 40.6 Å². The average molecular weight is 473 g/mol. The summed E-state index contributed by atoms with van der Waals surface area (Å²) >= 11 is 0. The Hall–Kier alpha value is -2.79. The second kappa shape index (κ2) is 10.2. The van der Waals surface area contributed by atoms with Crippen molar-refractivity contribution in [3.8, 4) is 11.5 Å². The van der Waals surface area contributed by atoms with Crippen LogP contribution in [0.5, 0.6) is 11.5 Å². The van der Waals surface area contributed by atoms with Crippen molar-refractivity contribution in [1.29, 1.82) is 0 Å². The van der Waals surface area contributed by atoms with Crippen molar-refractivity contribution in [2.75, 3.05) is 20.2 Å². The van der Waals surface area contributed by atoms with Crippen LogP contribution >= 0.6 is 0 Å². The SMILES string of the molecule is COc1cc(COC(=O)C2CCCN(S(=O)(=O)c3ccc(F)cc3)C2)ccc1OC(F)F. The Morgan fingerprint density at radius 1 is 1.16 bits per heavy atom. The summed E-state index contributed by atoms with van der Waals surface area (Å²) in [5.74, 6) is -1.87. The standard InChI is InChI=1S/C21H22F3NO6S/c1-29-19-11-14(4-9-18(19)31-21(23)24)13-30-20(26)15-3-2-10-25(12-15)32(27,28)17-7-5-16(22)6-8-17/h4-9,11,15,21H,2-3,10,12-13H2,1H3. The normalized spacial score (nSPS) is 17.2. The first-order chi connectivity index (χ1) is 15.2. The van der Waals surface area contributed by atoms with Gasteiger partial charge in [-0.2, -0.15) is 13.1 Å². The maximum atomic E-state index is 13.1. The minimum absolute atomic E-state index is 0.0499. The second-order valence-corrected chi connectivity index (χ2v) is 9.07. The molecule has 0 bridgehead atoms. The van der Waals surface area contributed by atoms with E-state index < -0.39 is 34.3 Å². The predicted molar refractivity (Wildman–Crippen MR) is 107 cm³/mol. The number of rotatable bonds is 8. The lowest BCUT2D eigenvalue weighted by molar-refractivity contribution is -0.151. The number of carbonyl (C=O) groups is 1. The van der Waals surface area contributed by atoms with E-state index in [1.54, 1.807) is 0 Å². The molecule has 0 aliphatic carbocycles. The molecule has 7 nitrogen and oxygen atoms in total. The fourth-order valence-corrected chi connectivity index (χ4v) is 4.90. The van der Waals surface area contributed by atoms with E-state index in [4.69, 9.17) is 9.47 Å². The van der Waals surface area contributed by atoms with Crippen molar-refractivity contribution in [2.24, 2.45) is 5.92 Å².